The molecule has 0 bridgehead atoms. The fraction of sp³-hybridized carbons (Fsp3) is 0.517. The first kappa shape index (κ1) is 29.4. The number of nitrogens with two attached hydrogens (primary N) is 1. The van der Waals surface area contributed by atoms with Crippen molar-refractivity contribution in [2.75, 3.05) is 17.6 Å². The number of hydrogen-bond acceptors (Lipinski definition) is 4. The molecule has 2 aromatic rings. The number of para-hydroxylation sites is 2. The third-order valence-electron chi connectivity index (χ3n) is 7.06. The topological polar surface area (TPSA) is 93.5 Å². The van der Waals surface area contributed by atoms with Gasteiger partial charge in [0.15, 0.2) is 0 Å². The molecule has 2 rings (SSSR count). The molecular weight excluding hydrogens is 466 g/mol. The Kier molecular flexibility index (Phi) is 11.0. The van der Waals surface area contributed by atoms with Gasteiger partial charge in [0.25, 0.3) is 14.2 Å². The number of unbranched alkanes of at least 4 members (excludes halogenated alkanes) is 2. The number of hydrogen-bond donors (Lipinski definition) is 3. The highest BCUT2D eigenvalue weighted by Crippen LogP contribution is 2.41. The number of benzene rings is 2. The van der Waals surface area contributed by atoms with Crippen LogP contribution in [-0.4, -0.2) is 26.9 Å². The summed E-state index contributed by atoms with van der Waals surface area (Å²) >= 11 is 0. The molecule has 7 heteroatoms. The summed E-state index contributed by atoms with van der Waals surface area (Å²) in [5.74, 6) is 0.211. The highest BCUT2D eigenvalue weighted by molar-refractivity contribution is 6.72. The molecule has 2 unspecified atom stereocenters. The minimum absolute atomic E-state index is 0.0618. The minimum atomic E-state index is -2.18. The predicted molar refractivity (Wildman–Crippen MR) is 153 cm³/mol. The van der Waals surface area contributed by atoms with E-state index in [1.807, 2.05) is 31.2 Å². The van der Waals surface area contributed by atoms with Crippen molar-refractivity contribution in [3.63, 3.8) is 0 Å². The molecule has 0 heterocycles. The summed E-state index contributed by atoms with van der Waals surface area (Å²) in [6.45, 7) is 13.6. The van der Waals surface area contributed by atoms with E-state index in [4.69, 9.17) is 10.2 Å². The van der Waals surface area contributed by atoms with Crippen LogP contribution in [0.2, 0.25) is 19.1 Å². The van der Waals surface area contributed by atoms with Crippen LogP contribution in [0.5, 0.6) is 0 Å². The van der Waals surface area contributed by atoms with Gasteiger partial charge in [-0.15, -0.1) is 0 Å². The van der Waals surface area contributed by atoms with Crippen LogP contribution in [0.3, 0.4) is 0 Å². The molecule has 36 heavy (non-hydrogen) atoms. The molecule has 0 aliphatic carbocycles. The van der Waals surface area contributed by atoms with Crippen LogP contribution in [0.25, 0.3) is 0 Å². The molecule has 2 atom stereocenters. The average Bonchev–Trinajstić information content (AvgIpc) is 2.80. The van der Waals surface area contributed by atoms with Crippen molar-refractivity contribution in [3.05, 3.63) is 59.7 Å². The van der Waals surface area contributed by atoms with Crippen LogP contribution in [0.1, 0.15) is 69.3 Å². The number of nitrogen functional groups attached to an aromatic ring is 1. The number of rotatable bonds is 13. The summed E-state index contributed by atoms with van der Waals surface area (Å²) in [6.07, 6.45) is 5.29. The third kappa shape index (κ3) is 9.01. The fourth-order valence-corrected chi connectivity index (χ4v) is 7.42. The second kappa shape index (κ2) is 13.5. The van der Waals surface area contributed by atoms with Gasteiger partial charge in [0.05, 0.1) is 11.4 Å². The van der Waals surface area contributed by atoms with E-state index in [-0.39, 0.29) is 17.4 Å². The van der Waals surface area contributed by atoms with Gasteiger partial charge >= 0.3 is 6.09 Å². The zero-order chi connectivity index (χ0) is 26.8. The third-order valence-corrected chi connectivity index (χ3v) is 9.40. The largest absolute Gasteiger partial charge is 0.504 e. The van der Waals surface area contributed by atoms with Crippen LogP contribution in [0.4, 0.5) is 16.2 Å². The van der Waals surface area contributed by atoms with Crippen LogP contribution >= 0.6 is 0 Å². The van der Waals surface area contributed by atoms with Gasteiger partial charge in [-0.1, -0.05) is 64.3 Å². The van der Waals surface area contributed by atoms with Crippen molar-refractivity contribution in [1.82, 2.24) is 5.32 Å². The normalized spacial score (nSPS) is 13.9. The Labute approximate surface area is 218 Å². The molecule has 0 aromatic heterocycles. The first-order valence-corrected chi connectivity index (χ1v) is 16.3. The maximum absolute atomic E-state index is 12.7. The second-order valence-corrected chi connectivity index (χ2v) is 14.9. The van der Waals surface area contributed by atoms with Gasteiger partial charge in [0, 0.05) is 12.1 Å². The molecule has 0 radical (unpaired) electrons. The standard InChI is InChI=1S/C29H45N3O3Si/c1-7-9-12-19-29(4,22(3)21-36(5,6)35-28(34)31-8-2)20-23-15-17-24(18-16-23)27(33)32-26-14-11-10-13-25(26)30/h10-11,13-18,22H,7-9,12,19-21,30H2,1-6H3,(H,31,34)(H,32,33). The fourth-order valence-electron chi connectivity index (χ4n) is 4.79. The highest BCUT2D eigenvalue weighted by Gasteiger charge is 2.38. The Bertz CT molecular complexity index is 994. The second-order valence-electron chi connectivity index (χ2n) is 10.8. The Morgan fingerprint density at radius 3 is 2.33 bits per heavy atom. The SMILES string of the molecule is CCCCCC(C)(Cc1ccc(C(=O)Nc2ccccc2N)cc1)C(C)C[Si](C)(C)OC(=O)NCC. The lowest BCUT2D eigenvalue weighted by Crippen LogP contribution is -2.42. The first-order valence-electron chi connectivity index (χ1n) is 13.2. The summed E-state index contributed by atoms with van der Waals surface area (Å²) in [5, 5.41) is 5.65. The summed E-state index contributed by atoms with van der Waals surface area (Å²) in [6, 6.07) is 16.1. The molecule has 6 nitrogen and oxygen atoms in total. The lowest BCUT2D eigenvalue weighted by Gasteiger charge is -2.39. The van der Waals surface area contributed by atoms with Gasteiger partial charge in [0.2, 0.25) is 0 Å². The smallest absolute Gasteiger partial charge is 0.393 e. The molecule has 4 N–H and O–H groups in total. The summed E-state index contributed by atoms with van der Waals surface area (Å²) in [4.78, 5) is 24.8. The predicted octanol–water partition coefficient (Wildman–Crippen LogP) is 7.24. The van der Waals surface area contributed by atoms with Crippen molar-refractivity contribution < 1.29 is 14.0 Å². The quantitative estimate of drug-likeness (QED) is 0.150. The molecule has 2 aromatic carbocycles. The zero-order valence-electron chi connectivity index (χ0n) is 22.9. The monoisotopic (exact) mass is 511 g/mol. The van der Waals surface area contributed by atoms with Gasteiger partial charge in [0.1, 0.15) is 0 Å². The number of amides is 2. The van der Waals surface area contributed by atoms with Crippen molar-refractivity contribution in [3.8, 4) is 0 Å². The highest BCUT2D eigenvalue weighted by atomic mass is 28.4. The van der Waals surface area contributed by atoms with Gasteiger partial charge in [-0.2, -0.15) is 0 Å². The van der Waals surface area contributed by atoms with Crippen LogP contribution in [-0.2, 0) is 10.8 Å². The molecule has 0 saturated heterocycles. The molecule has 0 spiro atoms. The summed E-state index contributed by atoms with van der Waals surface area (Å²) < 4.78 is 5.85. The van der Waals surface area contributed by atoms with E-state index in [0.717, 1.165) is 18.9 Å². The van der Waals surface area contributed by atoms with E-state index in [9.17, 15) is 9.59 Å². The molecular formula is C29H45N3O3Si. The van der Waals surface area contributed by atoms with Crippen LogP contribution < -0.4 is 16.4 Å². The van der Waals surface area contributed by atoms with Crippen molar-refractivity contribution in [1.29, 1.82) is 0 Å². The summed E-state index contributed by atoms with van der Waals surface area (Å²) in [7, 11) is -2.18. The van der Waals surface area contributed by atoms with E-state index in [1.54, 1.807) is 12.1 Å². The molecule has 0 saturated carbocycles. The lowest BCUT2D eigenvalue weighted by atomic mass is 9.71. The van der Waals surface area contributed by atoms with Gasteiger partial charge in [-0.05, 0) is 80.1 Å². The lowest BCUT2D eigenvalue weighted by molar-refractivity contribution is 0.102. The minimum Gasteiger partial charge on any atom is -0.504 e. The van der Waals surface area contributed by atoms with Crippen LogP contribution in [0.15, 0.2) is 48.5 Å². The molecule has 2 amide bonds. The number of anilines is 2. The molecule has 0 aliphatic heterocycles. The zero-order valence-corrected chi connectivity index (χ0v) is 23.9. The van der Waals surface area contributed by atoms with Crippen molar-refractivity contribution in [2.24, 2.45) is 11.3 Å². The Hall–Kier alpha value is -2.80. The maximum atomic E-state index is 12.7. The van der Waals surface area contributed by atoms with Gasteiger partial charge < -0.3 is 20.8 Å². The number of carbonyl (C=O) groups is 2. The maximum Gasteiger partial charge on any atom is 0.393 e. The Balaban J connectivity index is 2.13. The van der Waals surface area contributed by atoms with E-state index in [2.05, 4.69) is 56.6 Å². The van der Waals surface area contributed by atoms with Crippen LogP contribution in [0, 0.1) is 11.3 Å². The summed E-state index contributed by atoms with van der Waals surface area (Å²) in [5.41, 5.74) is 8.99. The van der Waals surface area contributed by atoms with Crippen molar-refractivity contribution in [2.45, 2.75) is 78.9 Å². The van der Waals surface area contributed by atoms with Crippen molar-refractivity contribution >= 4 is 31.7 Å². The molecule has 198 valence electrons. The number of carbonyl (C=O) groups excluding carboxylic acids is 2. The molecule has 0 fully saturated rings. The van der Waals surface area contributed by atoms with Gasteiger partial charge in [-0.3, -0.25) is 4.79 Å². The molecule has 0 aliphatic rings. The van der Waals surface area contributed by atoms with Gasteiger partial charge in [-0.25, -0.2) is 4.79 Å². The van der Waals surface area contributed by atoms with E-state index >= 15 is 0 Å². The number of nitrogens with one attached hydrogen (secondary N) is 2. The van der Waals surface area contributed by atoms with E-state index in [0.29, 0.717) is 29.4 Å². The average molecular weight is 512 g/mol. The van der Waals surface area contributed by atoms with E-state index < -0.39 is 8.32 Å². The Morgan fingerprint density at radius 1 is 1.06 bits per heavy atom. The first-order chi connectivity index (χ1) is 17.0. The Morgan fingerprint density at radius 2 is 1.72 bits per heavy atom. The van der Waals surface area contributed by atoms with E-state index in [1.165, 1.54) is 24.8 Å².